The van der Waals surface area contributed by atoms with Crippen molar-refractivity contribution in [3.63, 3.8) is 0 Å². The lowest BCUT2D eigenvalue weighted by Crippen LogP contribution is -2.35. The van der Waals surface area contributed by atoms with E-state index < -0.39 is 0 Å². The Balaban J connectivity index is 1.69. The predicted molar refractivity (Wildman–Crippen MR) is 93.9 cm³/mol. The summed E-state index contributed by atoms with van der Waals surface area (Å²) < 4.78 is 1.13. The van der Waals surface area contributed by atoms with E-state index in [1.807, 2.05) is 11.0 Å². The molecule has 3 nitrogen and oxygen atoms in total. The molecule has 0 bridgehead atoms. The predicted octanol–water partition coefficient (Wildman–Crippen LogP) is 3.96. The second-order valence-electron chi connectivity index (χ2n) is 5.52. The fourth-order valence-electron chi connectivity index (χ4n) is 2.76. The van der Waals surface area contributed by atoms with Gasteiger partial charge in [-0.3, -0.25) is 4.79 Å². The number of carbonyl (C=O) groups excluding carboxylic acids is 1. The zero-order chi connectivity index (χ0) is 15.4. The van der Waals surface area contributed by atoms with Crippen LogP contribution in [0.25, 0.3) is 0 Å². The Labute approximate surface area is 143 Å². The van der Waals surface area contributed by atoms with Crippen LogP contribution in [0.15, 0.2) is 46.3 Å². The van der Waals surface area contributed by atoms with Crippen molar-refractivity contribution in [3.05, 3.63) is 56.7 Å². The Hall–Kier alpha value is -1.17. The second kappa shape index (κ2) is 7.40. The van der Waals surface area contributed by atoms with Gasteiger partial charge in [0.2, 0.25) is 5.91 Å². The normalized spacial score (nSPS) is 16.2. The van der Waals surface area contributed by atoms with E-state index in [1.54, 1.807) is 11.3 Å². The zero-order valence-corrected chi connectivity index (χ0v) is 14.7. The quantitative estimate of drug-likeness (QED) is 0.824. The smallest absolute Gasteiger partial charge is 0.222 e. The summed E-state index contributed by atoms with van der Waals surface area (Å²) in [5.41, 5.74) is 1.23. The third kappa shape index (κ3) is 3.97. The molecule has 1 atom stereocenters. The highest BCUT2D eigenvalue weighted by molar-refractivity contribution is 9.10. The molecule has 1 aliphatic heterocycles. The SMILES string of the molecule is O=C1CCCN1CC(NCc1cc(Br)cs1)c1ccccc1. The maximum Gasteiger partial charge on any atom is 0.222 e. The number of hydrogen-bond acceptors (Lipinski definition) is 3. The first-order valence-electron chi connectivity index (χ1n) is 7.51. The van der Waals surface area contributed by atoms with Gasteiger partial charge in [-0.05, 0) is 34.0 Å². The summed E-state index contributed by atoms with van der Waals surface area (Å²) in [7, 11) is 0. The fourth-order valence-corrected chi connectivity index (χ4v) is 4.16. The lowest BCUT2D eigenvalue weighted by Gasteiger charge is -2.25. The van der Waals surface area contributed by atoms with Gasteiger partial charge in [0.1, 0.15) is 0 Å². The van der Waals surface area contributed by atoms with Crippen LogP contribution in [0.3, 0.4) is 0 Å². The van der Waals surface area contributed by atoms with Gasteiger partial charge in [-0.1, -0.05) is 30.3 Å². The zero-order valence-electron chi connectivity index (χ0n) is 12.3. The van der Waals surface area contributed by atoms with Crippen LogP contribution in [-0.4, -0.2) is 23.9 Å². The van der Waals surface area contributed by atoms with Crippen LogP contribution in [-0.2, 0) is 11.3 Å². The third-order valence-corrected chi connectivity index (χ3v) is 5.62. The van der Waals surface area contributed by atoms with Crippen molar-refractivity contribution in [2.75, 3.05) is 13.1 Å². The highest BCUT2D eigenvalue weighted by atomic mass is 79.9. The molecular formula is C17H19BrN2OS. The van der Waals surface area contributed by atoms with Gasteiger partial charge < -0.3 is 10.2 Å². The van der Waals surface area contributed by atoms with Crippen molar-refractivity contribution in [1.82, 2.24) is 10.2 Å². The van der Waals surface area contributed by atoms with Gasteiger partial charge in [0.25, 0.3) is 0 Å². The Morgan fingerprint density at radius 1 is 1.32 bits per heavy atom. The minimum absolute atomic E-state index is 0.170. The van der Waals surface area contributed by atoms with Crippen LogP contribution in [0.5, 0.6) is 0 Å². The minimum Gasteiger partial charge on any atom is -0.341 e. The fraction of sp³-hybridized carbons (Fsp3) is 0.353. The first-order chi connectivity index (χ1) is 10.7. The number of nitrogens with zero attached hydrogens (tertiary/aromatic N) is 1. The van der Waals surface area contributed by atoms with E-state index in [4.69, 9.17) is 0 Å². The van der Waals surface area contributed by atoms with Crippen molar-refractivity contribution in [3.8, 4) is 0 Å². The monoisotopic (exact) mass is 378 g/mol. The van der Waals surface area contributed by atoms with Crippen LogP contribution >= 0.6 is 27.3 Å². The van der Waals surface area contributed by atoms with E-state index in [9.17, 15) is 4.79 Å². The molecule has 3 rings (SSSR count). The average molecular weight is 379 g/mol. The summed E-state index contributed by atoms with van der Waals surface area (Å²) in [5.74, 6) is 0.279. The lowest BCUT2D eigenvalue weighted by molar-refractivity contribution is -0.128. The number of likely N-dealkylation sites (tertiary alicyclic amines) is 1. The molecule has 1 fully saturated rings. The van der Waals surface area contributed by atoms with Gasteiger partial charge in [-0.25, -0.2) is 0 Å². The Morgan fingerprint density at radius 2 is 2.14 bits per heavy atom. The van der Waals surface area contributed by atoms with E-state index in [0.717, 1.165) is 30.5 Å². The molecule has 22 heavy (non-hydrogen) atoms. The number of benzene rings is 1. The molecule has 5 heteroatoms. The summed E-state index contributed by atoms with van der Waals surface area (Å²) in [4.78, 5) is 15.2. The van der Waals surface area contributed by atoms with E-state index in [0.29, 0.717) is 6.42 Å². The van der Waals surface area contributed by atoms with Crippen LogP contribution in [0.2, 0.25) is 0 Å². The van der Waals surface area contributed by atoms with Gasteiger partial charge in [-0.15, -0.1) is 11.3 Å². The van der Waals surface area contributed by atoms with Crippen LogP contribution in [0, 0.1) is 0 Å². The first-order valence-corrected chi connectivity index (χ1v) is 9.18. The van der Waals surface area contributed by atoms with E-state index in [1.165, 1.54) is 10.4 Å². The molecule has 0 radical (unpaired) electrons. The Morgan fingerprint density at radius 3 is 2.77 bits per heavy atom. The molecule has 1 aromatic carbocycles. The summed E-state index contributed by atoms with van der Waals surface area (Å²) in [6.45, 7) is 2.45. The number of rotatable bonds is 6. The molecule has 1 unspecified atom stereocenters. The summed E-state index contributed by atoms with van der Waals surface area (Å²) >= 11 is 5.23. The molecule has 2 aromatic rings. The average Bonchev–Trinajstić information content (AvgIpc) is 3.13. The molecule has 1 amide bonds. The molecule has 116 valence electrons. The van der Waals surface area contributed by atoms with E-state index >= 15 is 0 Å². The summed E-state index contributed by atoms with van der Waals surface area (Å²) in [6, 6.07) is 12.7. The molecule has 2 heterocycles. The molecule has 0 aliphatic carbocycles. The lowest BCUT2D eigenvalue weighted by atomic mass is 10.1. The molecule has 1 saturated heterocycles. The van der Waals surface area contributed by atoms with Crippen molar-refractivity contribution in [2.24, 2.45) is 0 Å². The van der Waals surface area contributed by atoms with Gasteiger partial charge in [0.05, 0.1) is 6.04 Å². The molecule has 1 aliphatic rings. The highest BCUT2D eigenvalue weighted by Crippen LogP contribution is 2.22. The minimum atomic E-state index is 0.170. The number of hydrogen-bond donors (Lipinski definition) is 1. The Kier molecular flexibility index (Phi) is 5.28. The largest absolute Gasteiger partial charge is 0.341 e. The molecule has 1 N–H and O–H groups in total. The maximum absolute atomic E-state index is 11.9. The van der Waals surface area contributed by atoms with Crippen molar-refractivity contribution in [1.29, 1.82) is 0 Å². The van der Waals surface area contributed by atoms with Crippen LogP contribution in [0.4, 0.5) is 0 Å². The van der Waals surface area contributed by atoms with Gasteiger partial charge in [0, 0.05) is 40.8 Å². The van der Waals surface area contributed by atoms with Crippen molar-refractivity contribution in [2.45, 2.75) is 25.4 Å². The topological polar surface area (TPSA) is 32.3 Å². The van der Waals surface area contributed by atoms with Crippen LogP contribution < -0.4 is 5.32 Å². The number of nitrogens with one attached hydrogen (secondary N) is 1. The molecule has 0 saturated carbocycles. The van der Waals surface area contributed by atoms with Crippen molar-refractivity contribution >= 4 is 33.2 Å². The van der Waals surface area contributed by atoms with E-state index in [-0.39, 0.29) is 11.9 Å². The number of amides is 1. The van der Waals surface area contributed by atoms with E-state index in [2.05, 4.69) is 57.0 Å². The molecule has 1 aromatic heterocycles. The number of halogens is 1. The molecular weight excluding hydrogens is 360 g/mol. The van der Waals surface area contributed by atoms with Crippen molar-refractivity contribution < 1.29 is 4.79 Å². The van der Waals surface area contributed by atoms with Crippen LogP contribution in [0.1, 0.15) is 29.3 Å². The Bertz CT molecular complexity index is 629. The highest BCUT2D eigenvalue weighted by Gasteiger charge is 2.24. The third-order valence-electron chi connectivity index (χ3n) is 3.92. The first kappa shape index (κ1) is 15.7. The number of carbonyl (C=O) groups is 1. The maximum atomic E-state index is 11.9. The standard InChI is InChI=1S/C17H19BrN2OS/c18-14-9-15(22-12-14)10-19-16(13-5-2-1-3-6-13)11-20-8-4-7-17(20)21/h1-3,5-6,9,12,16,19H,4,7-8,10-11H2. The molecule has 0 spiro atoms. The summed E-state index contributed by atoms with van der Waals surface area (Å²) in [5, 5.41) is 5.70. The summed E-state index contributed by atoms with van der Waals surface area (Å²) in [6.07, 6.45) is 1.68. The second-order valence-corrected chi connectivity index (χ2v) is 7.43. The van der Waals surface area contributed by atoms with Gasteiger partial charge in [-0.2, -0.15) is 0 Å². The number of thiophene rings is 1. The van der Waals surface area contributed by atoms with Gasteiger partial charge >= 0.3 is 0 Å². The van der Waals surface area contributed by atoms with Gasteiger partial charge in [0.15, 0.2) is 0 Å².